The summed E-state index contributed by atoms with van der Waals surface area (Å²) in [5.41, 5.74) is 0.263. The first-order chi connectivity index (χ1) is 9.47. The molecular weight excluding hydrogens is 275 g/mol. The SMILES string of the molecule is O=C(O)CC1COCCN1Cc1cc(F)c(F)c(F)c1. The maximum Gasteiger partial charge on any atom is 0.305 e. The van der Waals surface area contributed by atoms with E-state index < -0.39 is 23.4 Å². The first kappa shape index (κ1) is 14.8. The van der Waals surface area contributed by atoms with Crippen molar-refractivity contribution in [3.63, 3.8) is 0 Å². The molecule has 1 aliphatic heterocycles. The number of benzene rings is 1. The number of ether oxygens (including phenoxy) is 1. The molecule has 0 radical (unpaired) electrons. The van der Waals surface area contributed by atoms with Gasteiger partial charge in [0, 0.05) is 19.1 Å². The van der Waals surface area contributed by atoms with Gasteiger partial charge in [-0.2, -0.15) is 0 Å². The number of carboxylic acids is 1. The van der Waals surface area contributed by atoms with E-state index in [4.69, 9.17) is 9.84 Å². The molecular formula is C13H14F3NO3. The molecule has 1 aliphatic rings. The number of halogens is 3. The van der Waals surface area contributed by atoms with Crippen LogP contribution in [0.25, 0.3) is 0 Å². The molecule has 2 rings (SSSR count). The summed E-state index contributed by atoms with van der Waals surface area (Å²) in [6, 6.07) is 1.48. The minimum atomic E-state index is -1.50. The van der Waals surface area contributed by atoms with Gasteiger partial charge in [-0.15, -0.1) is 0 Å². The fourth-order valence-electron chi connectivity index (χ4n) is 2.22. The predicted octanol–water partition coefficient (Wildman–Crippen LogP) is 1.78. The Hall–Kier alpha value is -1.60. The van der Waals surface area contributed by atoms with E-state index in [1.165, 1.54) is 0 Å². The molecule has 1 heterocycles. The molecule has 110 valence electrons. The highest BCUT2D eigenvalue weighted by molar-refractivity contribution is 5.67. The summed E-state index contributed by atoms with van der Waals surface area (Å²) in [6.07, 6.45) is -0.119. The lowest BCUT2D eigenvalue weighted by molar-refractivity contribution is -0.140. The monoisotopic (exact) mass is 289 g/mol. The lowest BCUT2D eigenvalue weighted by atomic mass is 10.1. The summed E-state index contributed by atoms with van der Waals surface area (Å²) in [7, 11) is 0. The van der Waals surface area contributed by atoms with Crippen molar-refractivity contribution in [3.05, 3.63) is 35.1 Å². The summed E-state index contributed by atoms with van der Waals surface area (Å²) in [5.74, 6) is -4.97. The highest BCUT2D eigenvalue weighted by atomic mass is 19.2. The third kappa shape index (κ3) is 3.49. The van der Waals surface area contributed by atoms with Crippen LogP contribution in [0.4, 0.5) is 13.2 Å². The number of rotatable bonds is 4. The zero-order chi connectivity index (χ0) is 14.7. The molecule has 7 heteroatoms. The van der Waals surface area contributed by atoms with Crippen LogP contribution in [0.2, 0.25) is 0 Å². The Morgan fingerprint density at radius 3 is 2.60 bits per heavy atom. The third-order valence-corrected chi connectivity index (χ3v) is 3.19. The van der Waals surface area contributed by atoms with E-state index in [-0.39, 0.29) is 31.2 Å². The molecule has 0 aromatic heterocycles. The predicted molar refractivity (Wildman–Crippen MR) is 63.6 cm³/mol. The number of carbonyl (C=O) groups is 1. The minimum absolute atomic E-state index is 0.119. The van der Waals surface area contributed by atoms with Crippen LogP contribution in [-0.4, -0.2) is 41.8 Å². The van der Waals surface area contributed by atoms with Crippen LogP contribution >= 0.6 is 0 Å². The van der Waals surface area contributed by atoms with Crippen LogP contribution < -0.4 is 0 Å². The summed E-state index contributed by atoms with van der Waals surface area (Å²) in [5, 5.41) is 8.82. The second-order valence-electron chi connectivity index (χ2n) is 4.67. The van der Waals surface area contributed by atoms with Gasteiger partial charge in [0.15, 0.2) is 17.5 Å². The molecule has 0 bridgehead atoms. The Balaban J connectivity index is 2.12. The number of hydrogen-bond donors (Lipinski definition) is 1. The number of morpholine rings is 1. The smallest absolute Gasteiger partial charge is 0.305 e. The molecule has 1 aromatic rings. The lowest BCUT2D eigenvalue weighted by Crippen LogP contribution is -2.45. The van der Waals surface area contributed by atoms with Crippen LogP contribution in [-0.2, 0) is 16.1 Å². The first-order valence-corrected chi connectivity index (χ1v) is 6.14. The average molecular weight is 289 g/mol. The highest BCUT2D eigenvalue weighted by Crippen LogP contribution is 2.18. The molecule has 0 aliphatic carbocycles. The van der Waals surface area contributed by atoms with E-state index in [0.29, 0.717) is 13.2 Å². The lowest BCUT2D eigenvalue weighted by Gasteiger charge is -2.34. The van der Waals surface area contributed by atoms with Gasteiger partial charge in [0.1, 0.15) is 0 Å². The molecule has 1 fully saturated rings. The van der Waals surface area contributed by atoms with Gasteiger partial charge in [-0.3, -0.25) is 9.69 Å². The van der Waals surface area contributed by atoms with Crippen molar-refractivity contribution in [1.29, 1.82) is 0 Å². The van der Waals surface area contributed by atoms with Crippen LogP contribution in [0.5, 0.6) is 0 Å². The van der Waals surface area contributed by atoms with Gasteiger partial charge < -0.3 is 9.84 Å². The van der Waals surface area contributed by atoms with E-state index in [0.717, 1.165) is 12.1 Å². The largest absolute Gasteiger partial charge is 0.481 e. The molecule has 4 nitrogen and oxygen atoms in total. The van der Waals surface area contributed by atoms with Gasteiger partial charge in [-0.25, -0.2) is 13.2 Å². The van der Waals surface area contributed by atoms with Crippen LogP contribution in [0.15, 0.2) is 12.1 Å². The minimum Gasteiger partial charge on any atom is -0.481 e. The van der Waals surface area contributed by atoms with Gasteiger partial charge in [-0.1, -0.05) is 0 Å². The molecule has 0 saturated carbocycles. The Morgan fingerprint density at radius 2 is 2.00 bits per heavy atom. The Kier molecular flexibility index (Phi) is 4.61. The van der Waals surface area contributed by atoms with Crippen LogP contribution in [0, 0.1) is 17.5 Å². The molecule has 0 amide bonds. The van der Waals surface area contributed by atoms with Crippen molar-refractivity contribution in [2.75, 3.05) is 19.8 Å². The quantitative estimate of drug-likeness (QED) is 0.858. The Morgan fingerprint density at radius 1 is 1.35 bits per heavy atom. The first-order valence-electron chi connectivity index (χ1n) is 6.14. The number of nitrogens with zero attached hydrogens (tertiary/aromatic N) is 1. The molecule has 1 N–H and O–H groups in total. The van der Waals surface area contributed by atoms with Crippen molar-refractivity contribution >= 4 is 5.97 Å². The average Bonchev–Trinajstić information content (AvgIpc) is 2.37. The van der Waals surface area contributed by atoms with Crippen LogP contribution in [0.3, 0.4) is 0 Å². The van der Waals surface area contributed by atoms with Gasteiger partial charge in [0.2, 0.25) is 0 Å². The molecule has 0 spiro atoms. The van der Waals surface area contributed by atoms with E-state index >= 15 is 0 Å². The summed E-state index contributed by atoms with van der Waals surface area (Å²) in [4.78, 5) is 12.5. The molecule has 1 atom stereocenters. The van der Waals surface area contributed by atoms with Gasteiger partial charge in [0.05, 0.1) is 19.6 Å². The third-order valence-electron chi connectivity index (χ3n) is 3.19. The Labute approximate surface area is 113 Å². The number of hydrogen-bond acceptors (Lipinski definition) is 3. The van der Waals surface area contributed by atoms with E-state index in [1.807, 2.05) is 0 Å². The van der Waals surface area contributed by atoms with E-state index in [1.54, 1.807) is 4.90 Å². The summed E-state index contributed by atoms with van der Waals surface area (Å²) in [6.45, 7) is 1.27. The van der Waals surface area contributed by atoms with Crippen molar-refractivity contribution in [2.45, 2.75) is 19.0 Å². The maximum atomic E-state index is 13.1. The maximum absolute atomic E-state index is 13.1. The topological polar surface area (TPSA) is 49.8 Å². The fourth-order valence-corrected chi connectivity index (χ4v) is 2.22. The highest BCUT2D eigenvalue weighted by Gasteiger charge is 2.25. The van der Waals surface area contributed by atoms with Crippen molar-refractivity contribution < 1.29 is 27.8 Å². The number of aliphatic carboxylic acids is 1. The van der Waals surface area contributed by atoms with Crippen molar-refractivity contribution in [3.8, 4) is 0 Å². The van der Waals surface area contributed by atoms with Crippen LogP contribution in [0.1, 0.15) is 12.0 Å². The standard InChI is InChI=1S/C13H14F3NO3/c14-10-3-8(4-11(15)13(10)16)6-17-1-2-20-7-9(17)5-12(18)19/h3-4,9H,1-2,5-7H2,(H,18,19). The summed E-state index contributed by atoms with van der Waals surface area (Å²) >= 11 is 0. The zero-order valence-electron chi connectivity index (χ0n) is 10.6. The Bertz CT molecular complexity index is 487. The second-order valence-corrected chi connectivity index (χ2v) is 4.67. The fraction of sp³-hybridized carbons (Fsp3) is 0.462. The zero-order valence-corrected chi connectivity index (χ0v) is 10.6. The van der Waals surface area contributed by atoms with E-state index in [2.05, 4.69) is 0 Å². The van der Waals surface area contributed by atoms with Crippen molar-refractivity contribution in [1.82, 2.24) is 4.90 Å². The molecule has 1 aromatic carbocycles. The second kappa shape index (κ2) is 6.23. The molecule has 20 heavy (non-hydrogen) atoms. The summed E-state index contributed by atoms with van der Waals surface area (Å²) < 4.78 is 44.4. The van der Waals surface area contributed by atoms with Crippen molar-refractivity contribution in [2.24, 2.45) is 0 Å². The van der Waals surface area contributed by atoms with Gasteiger partial charge >= 0.3 is 5.97 Å². The molecule has 1 unspecified atom stereocenters. The number of carboxylic acid groups (broad SMARTS) is 1. The van der Waals surface area contributed by atoms with E-state index in [9.17, 15) is 18.0 Å². The van der Waals surface area contributed by atoms with Gasteiger partial charge in [-0.05, 0) is 17.7 Å². The normalized spacial score (nSPS) is 20.1. The van der Waals surface area contributed by atoms with Gasteiger partial charge in [0.25, 0.3) is 0 Å². The molecule has 1 saturated heterocycles.